The first kappa shape index (κ1) is 8.82. The molecule has 56 valence electrons. The van der Waals surface area contributed by atoms with E-state index >= 15 is 0 Å². The van der Waals surface area contributed by atoms with Crippen molar-refractivity contribution in [1.29, 1.82) is 0 Å². The van der Waals surface area contributed by atoms with Gasteiger partial charge in [0.1, 0.15) is 0 Å². The van der Waals surface area contributed by atoms with Crippen LogP contribution < -0.4 is 0 Å². The van der Waals surface area contributed by atoms with E-state index in [1.54, 1.807) is 0 Å². The van der Waals surface area contributed by atoms with Gasteiger partial charge in [-0.1, -0.05) is 29.8 Å². The summed E-state index contributed by atoms with van der Waals surface area (Å²) in [7, 11) is 0. The quantitative estimate of drug-likeness (QED) is 0.360. The van der Waals surface area contributed by atoms with Crippen LogP contribution in [-0.4, -0.2) is 4.87 Å². The second kappa shape index (κ2) is 2.65. The third kappa shape index (κ3) is 1.10. The van der Waals surface area contributed by atoms with E-state index in [0.717, 1.165) is 11.5 Å². The van der Waals surface area contributed by atoms with Crippen LogP contribution in [0.5, 0.6) is 0 Å². The number of alkyl halides is 1. The van der Waals surface area contributed by atoms with Crippen LogP contribution in [0.3, 0.4) is 0 Å². The monoisotopic (exact) mass is 266 g/mol. The molecule has 2 rings (SSSR count). The van der Waals surface area contributed by atoms with Crippen LogP contribution in [0, 0.1) is 5.92 Å². The second-order valence-corrected chi connectivity index (χ2v) is 3.69. The molecule has 0 radical (unpaired) electrons. The zero-order valence-corrected chi connectivity index (χ0v) is 8.16. The Kier molecular flexibility index (Phi) is 2.33. The fourth-order valence-corrected chi connectivity index (χ4v) is 1.99. The summed E-state index contributed by atoms with van der Waals surface area (Å²) in [6, 6.07) is 0. The minimum atomic E-state index is -0.313. The smallest absolute Gasteiger partial charge is 0.109 e. The maximum absolute atomic E-state index is 6.06. The van der Waals surface area contributed by atoms with Gasteiger partial charge in [0.15, 0.2) is 0 Å². The van der Waals surface area contributed by atoms with Crippen LogP contribution in [0.15, 0.2) is 23.3 Å². The average Bonchev–Trinajstić information content (AvgIpc) is 2.22. The van der Waals surface area contributed by atoms with E-state index in [2.05, 4.69) is 6.08 Å². The van der Waals surface area contributed by atoms with Crippen molar-refractivity contribution in [3.8, 4) is 0 Å². The number of hydrogen-bond donors (Lipinski definition) is 0. The Balaban J connectivity index is 0.000000500. The molecule has 10 heavy (non-hydrogen) atoms. The fraction of sp³-hybridized carbons (Fsp3) is 0.429. The Bertz CT molecular complexity index is 210. The van der Waals surface area contributed by atoms with Crippen LogP contribution >= 0.6 is 23.2 Å². The molecule has 0 nitrogen and oxygen atoms in total. The van der Waals surface area contributed by atoms with Crippen molar-refractivity contribution < 1.29 is 20.4 Å². The van der Waals surface area contributed by atoms with Gasteiger partial charge in [0.05, 0.1) is 4.87 Å². The number of halogens is 2. The minimum absolute atomic E-state index is 0. The molecule has 2 aliphatic carbocycles. The van der Waals surface area contributed by atoms with Gasteiger partial charge in [0.25, 0.3) is 0 Å². The summed E-state index contributed by atoms with van der Waals surface area (Å²) in [5, 5.41) is 0.802. The molecular weight excluding hydrogens is 261 g/mol. The molecule has 0 spiro atoms. The van der Waals surface area contributed by atoms with Gasteiger partial charge >= 0.3 is 20.4 Å². The standard InChI is InChI=1S/C7H6Cl2.Pd/c8-6-3-5-1-2-7(6,9)4-5;/h1-3,5H,4H2;/q;+2. The van der Waals surface area contributed by atoms with Crippen molar-refractivity contribution in [2.75, 3.05) is 0 Å². The first-order valence-corrected chi connectivity index (χ1v) is 3.72. The summed E-state index contributed by atoms with van der Waals surface area (Å²) >= 11 is 11.9. The Morgan fingerprint density at radius 2 is 2.30 bits per heavy atom. The third-order valence-electron chi connectivity index (χ3n) is 1.90. The van der Waals surface area contributed by atoms with E-state index in [1.165, 1.54) is 0 Å². The van der Waals surface area contributed by atoms with E-state index in [9.17, 15) is 0 Å². The van der Waals surface area contributed by atoms with Crippen molar-refractivity contribution in [2.24, 2.45) is 5.92 Å². The van der Waals surface area contributed by atoms with Gasteiger partial charge in [-0.15, -0.1) is 11.6 Å². The van der Waals surface area contributed by atoms with Crippen molar-refractivity contribution in [2.45, 2.75) is 11.3 Å². The molecule has 0 aromatic carbocycles. The molecule has 0 aromatic rings. The number of fused-ring (bicyclic) bond motifs is 2. The molecule has 2 unspecified atom stereocenters. The van der Waals surface area contributed by atoms with E-state index in [-0.39, 0.29) is 25.3 Å². The summed E-state index contributed by atoms with van der Waals surface area (Å²) in [4.78, 5) is -0.313. The maximum Gasteiger partial charge on any atom is 2.00 e. The predicted molar refractivity (Wildman–Crippen MR) is 39.8 cm³/mol. The summed E-state index contributed by atoms with van der Waals surface area (Å²) in [6.07, 6.45) is 7.09. The molecule has 0 N–H and O–H groups in total. The van der Waals surface area contributed by atoms with E-state index in [1.807, 2.05) is 12.2 Å². The zero-order valence-electron chi connectivity index (χ0n) is 5.09. The molecule has 0 aromatic heterocycles. The fourth-order valence-electron chi connectivity index (χ4n) is 1.37. The summed E-state index contributed by atoms with van der Waals surface area (Å²) < 4.78 is 0. The summed E-state index contributed by atoms with van der Waals surface area (Å²) in [6.45, 7) is 0. The van der Waals surface area contributed by atoms with Gasteiger partial charge in [-0.3, -0.25) is 0 Å². The van der Waals surface area contributed by atoms with Crippen LogP contribution in [-0.2, 0) is 20.4 Å². The van der Waals surface area contributed by atoms with Gasteiger partial charge in [-0.25, -0.2) is 0 Å². The molecule has 2 atom stereocenters. The average molecular weight is 267 g/mol. The van der Waals surface area contributed by atoms with Crippen LogP contribution in [0.25, 0.3) is 0 Å². The van der Waals surface area contributed by atoms with Crippen molar-refractivity contribution in [3.63, 3.8) is 0 Å². The van der Waals surface area contributed by atoms with Crippen molar-refractivity contribution >= 4 is 23.2 Å². The predicted octanol–water partition coefficient (Wildman–Crippen LogP) is 2.67. The Morgan fingerprint density at radius 1 is 1.60 bits per heavy atom. The Labute approximate surface area is 83.9 Å². The summed E-state index contributed by atoms with van der Waals surface area (Å²) in [5.74, 6) is 0.509. The van der Waals surface area contributed by atoms with Gasteiger partial charge in [0, 0.05) is 5.03 Å². The third-order valence-corrected chi connectivity index (χ3v) is 2.94. The van der Waals surface area contributed by atoms with Crippen molar-refractivity contribution in [1.82, 2.24) is 0 Å². The molecule has 0 heterocycles. The Morgan fingerprint density at radius 3 is 2.50 bits per heavy atom. The molecule has 0 amide bonds. The largest absolute Gasteiger partial charge is 2.00 e. The number of allylic oxidation sites excluding steroid dienone is 4. The number of hydrogen-bond acceptors (Lipinski definition) is 0. The maximum atomic E-state index is 6.06. The van der Waals surface area contributed by atoms with Crippen molar-refractivity contribution in [3.05, 3.63) is 23.3 Å². The SMILES string of the molecule is ClC1=CC2C=CC1(Cl)C2.[Pd+2]. The molecule has 2 bridgehead atoms. The van der Waals surface area contributed by atoms with E-state index in [0.29, 0.717) is 5.92 Å². The van der Waals surface area contributed by atoms with Gasteiger partial charge in [-0.05, 0) is 12.3 Å². The zero-order chi connectivity index (χ0) is 6.48. The normalized spacial score (nSPS) is 41.4. The minimum Gasteiger partial charge on any atom is -0.109 e. The number of rotatable bonds is 0. The molecule has 3 heteroatoms. The van der Waals surface area contributed by atoms with E-state index in [4.69, 9.17) is 23.2 Å². The molecule has 0 fully saturated rings. The molecule has 2 aliphatic rings. The second-order valence-electron chi connectivity index (χ2n) is 2.60. The molecule has 0 aliphatic heterocycles. The van der Waals surface area contributed by atoms with Crippen LogP contribution in [0.2, 0.25) is 0 Å². The topological polar surface area (TPSA) is 0 Å². The Hall–Kier alpha value is 0.722. The molecule has 0 saturated heterocycles. The van der Waals surface area contributed by atoms with Crippen LogP contribution in [0.4, 0.5) is 0 Å². The van der Waals surface area contributed by atoms with Gasteiger partial charge < -0.3 is 0 Å². The van der Waals surface area contributed by atoms with Gasteiger partial charge in [0.2, 0.25) is 0 Å². The van der Waals surface area contributed by atoms with Gasteiger partial charge in [-0.2, -0.15) is 0 Å². The molecular formula is C7H6Cl2Pd+2. The first-order valence-electron chi connectivity index (χ1n) is 2.97. The first-order chi connectivity index (χ1) is 4.21. The van der Waals surface area contributed by atoms with E-state index < -0.39 is 0 Å². The van der Waals surface area contributed by atoms with Crippen LogP contribution in [0.1, 0.15) is 6.42 Å². The molecule has 0 saturated carbocycles. The summed E-state index contributed by atoms with van der Waals surface area (Å²) in [5.41, 5.74) is 0.